The van der Waals surface area contributed by atoms with Crippen LogP contribution in [0.4, 0.5) is 0 Å². The van der Waals surface area contributed by atoms with Crippen molar-refractivity contribution in [1.29, 1.82) is 0 Å². The van der Waals surface area contributed by atoms with Gasteiger partial charge in [-0.2, -0.15) is 0 Å². The van der Waals surface area contributed by atoms with Gasteiger partial charge in [0.2, 0.25) is 0 Å². The molecule has 0 amide bonds. The molecule has 0 aromatic heterocycles. The van der Waals surface area contributed by atoms with Gasteiger partial charge < -0.3 is 14.8 Å². The van der Waals surface area contributed by atoms with Crippen LogP contribution in [0.2, 0.25) is 0 Å². The Morgan fingerprint density at radius 2 is 1.81 bits per heavy atom. The van der Waals surface area contributed by atoms with Gasteiger partial charge in [0.1, 0.15) is 0 Å². The smallest absolute Gasteiger partial charge is 0.170 e. The molecule has 0 bridgehead atoms. The van der Waals surface area contributed by atoms with Gasteiger partial charge in [0.15, 0.2) is 5.79 Å². The van der Waals surface area contributed by atoms with Crippen molar-refractivity contribution in [2.24, 2.45) is 0 Å². The van der Waals surface area contributed by atoms with Crippen molar-refractivity contribution in [1.82, 2.24) is 10.2 Å². The van der Waals surface area contributed by atoms with E-state index in [0.29, 0.717) is 12.1 Å². The summed E-state index contributed by atoms with van der Waals surface area (Å²) < 4.78 is 12.0. The number of likely N-dealkylation sites (N-methyl/N-ethyl adjacent to an activating group) is 2. The molecule has 0 aromatic carbocycles. The van der Waals surface area contributed by atoms with E-state index in [-0.39, 0.29) is 5.79 Å². The van der Waals surface area contributed by atoms with Gasteiger partial charge >= 0.3 is 0 Å². The second-order valence-corrected chi connectivity index (χ2v) is 6.85. The Kier molecular flexibility index (Phi) is 5.20. The molecule has 3 rings (SSSR count). The third kappa shape index (κ3) is 3.29. The first-order chi connectivity index (χ1) is 10.3. The fraction of sp³-hybridized carbons (Fsp3) is 1.00. The predicted molar refractivity (Wildman–Crippen MR) is 84.4 cm³/mol. The average Bonchev–Trinajstić information content (AvgIpc) is 3.16. The van der Waals surface area contributed by atoms with Crippen LogP contribution < -0.4 is 5.32 Å². The van der Waals surface area contributed by atoms with Crippen molar-refractivity contribution in [2.45, 2.75) is 82.7 Å². The van der Waals surface area contributed by atoms with Crippen LogP contribution >= 0.6 is 0 Å². The van der Waals surface area contributed by atoms with Gasteiger partial charge in [-0.1, -0.05) is 26.7 Å². The highest BCUT2D eigenvalue weighted by molar-refractivity contribution is 4.98. The Hall–Kier alpha value is -0.160. The summed E-state index contributed by atoms with van der Waals surface area (Å²) in [5.74, 6) is -0.275. The highest BCUT2D eigenvalue weighted by Gasteiger charge is 2.47. The number of ether oxygens (including phenoxy) is 2. The fourth-order valence-corrected chi connectivity index (χ4v) is 4.74. The SMILES string of the molecule is CCNC1CCC2(CC1N(CC)C1CCCC1)OCCO2. The van der Waals surface area contributed by atoms with E-state index < -0.39 is 0 Å². The van der Waals surface area contributed by atoms with Gasteiger partial charge in [0.25, 0.3) is 0 Å². The van der Waals surface area contributed by atoms with E-state index in [4.69, 9.17) is 9.47 Å². The van der Waals surface area contributed by atoms with Gasteiger partial charge in [-0.25, -0.2) is 0 Å². The minimum atomic E-state index is -0.275. The van der Waals surface area contributed by atoms with Crippen molar-refractivity contribution in [3.8, 4) is 0 Å². The number of nitrogens with one attached hydrogen (secondary N) is 1. The number of hydrogen-bond donors (Lipinski definition) is 1. The predicted octanol–water partition coefficient (Wildman–Crippen LogP) is 2.52. The molecule has 3 fully saturated rings. The topological polar surface area (TPSA) is 33.7 Å². The number of hydrogen-bond acceptors (Lipinski definition) is 4. The Morgan fingerprint density at radius 1 is 1.10 bits per heavy atom. The summed E-state index contributed by atoms with van der Waals surface area (Å²) in [4.78, 5) is 2.76. The monoisotopic (exact) mass is 296 g/mol. The summed E-state index contributed by atoms with van der Waals surface area (Å²) in [6.45, 7) is 8.28. The standard InChI is InChI=1S/C17H32N2O2/c1-3-18-15-9-10-17(20-11-12-21-17)13-16(15)19(4-2)14-7-5-6-8-14/h14-16,18H,3-13H2,1-2H3. The highest BCUT2D eigenvalue weighted by atomic mass is 16.7. The number of nitrogens with zero attached hydrogens (tertiary/aromatic N) is 1. The van der Waals surface area contributed by atoms with Gasteiger partial charge in [-0.05, 0) is 32.4 Å². The first-order valence-corrected chi connectivity index (χ1v) is 9.05. The van der Waals surface area contributed by atoms with Crippen molar-refractivity contribution in [3.63, 3.8) is 0 Å². The molecule has 0 radical (unpaired) electrons. The molecule has 2 atom stereocenters. The zero-order valence-electron chi connectivity index (χ0n) is 13.8. The first-order valence-electron chi connectivity index (χ1n) is 9.05. The van der Waals surface area contributed by atoms with Crippen LogP contribution in [-0.2, 0) is 9.47 Å². The van der Waals surface area contributed by atoms with Crippen LogP contribution in [0.1, 0.15) is 58.8 Å². The zero-order valence-corrected chi connectivity index (χ0v) is 13.8. The quantitative estimate of drug-likeness (QED) is 0.845. The van der Waals surface area contributed by atoms with Crippen LogP contribution in [0.5, 0.6) is 0 Å². The lowest BCUT2D eigenvalue weighted by molar-refractivity contribution is -0.195. The maximum atomic E-state index is 6.02. The van der Waals surface area contributed by atoms with E-state index in [2.05, 4.69) is 24.1 Å². The summed E-state index contributed by atoms with van der Waals surface area (Å²) in [6, 6.07) is 1.93. The first kappa shape index (κ1) is 15.7. The Balaban J connectivity index is 1.74. The molecule has 2 aliphatic carbocycles. The molecule has 1 aliphatic heterocycles. The summed E-state index contributed by atoms with van der Waals surface area (Å²) in [5, 5.41) is 3.73. The fourth-order valence-electron chi connectivity index (χ4n) is 4.74. The normalized spacial score (nSPS) is 33.3. The van der Waals surface area contributed by atoms with Crippen LogP contribution in [0.3, 0.4) is 0 Å². The molecule has 1 saturated heterocycles. The molecule has 1 spiro atoms. The lowest BCUT2D eigenvalue weighted by atomic mass is 9.83. The van der Waals surface area contributed by atoms with E-state index in [9.17, 15) is 0 Å². The molecule has 4 nitrogen and oxygen atoms in total. The van der Waals surface area contributed by atoms with Crippen molar-refractivity contribution in [3.05, 3.63) is 0 Å². The van der Waals surface area contributed by atoms with Crippen molar-refractivity contribution < 1.29 is 9.47 Å². The summed E-state index contributed by atoms with van der Waals surface area (Å²) in [6.07, 6.45) is 8.80. The van der Waals surface area contributed by atoms with Gasteiger partial charge in [-0.3, -0.25) is 4.90 Å². The van der Waals surface area contributed by atoms with E-state index >= 15 is 0 Å². The molecule has 1 N–H and O–H groups in total. The van der Waals surface area contributed by atoms with Crippen LogP contribution in [0, 0.1) is 0 Å². The maximum Gasteiger partial charge on any atom is 0.170 e. The van der Waals surface area contributed by atoms with E-state index in [1.807, 2.05) is 0 Å². The van der Waals surface area contributed by atoms with Crippen LogP contribution in [-0.4, -0.2) is 55.1 Å². The highest BCUT2D eigenvalue weighted by Crippen LogP contribution is 2.39. The molecule has 1 heterocycles. The summed E-state index contributed by atoms with van der Waals surface area (Å²) in [7, 11) is 0. The van der Waals surface area contributed by atoms with Crippen LogP contribution in [0.25, 0.3) is 0 Å². The number of rotatable bonds is 5. The second-order valence-electron chi connectivity index (χ2n) is 6.85. The Labute approximate surface area is 129 Å². The lowest BCUT2D eigenvalue weighted by Crippen LogP contribution is -2.59. The molecule has 3 aliphatic rings. The summed E-state index contributed by atoms with van der Waals surface area (Å²) in [5.41, 5.74) is 0. The molecular weight excluding hydrogens is 264 g/mol. The van der Waals surface area contributed by atoms with E-state index in [1.54, 1.807) is 0 Å². The molecule has 21 heavy (non-hydrogen) atoms. The largest absolute Gasteiger partial charge is 0.347 e. The third-order valence-electron chi connectivity index (χ3n) is 5.69. The van der Waals surface area contributed by atoms with E-state index in [0.717, 1.165) is 45.2 Å². The Morgan fingerprint density at radius 3 is 2.43 bits per heavy atom. The molecular formula is C17H32N2O2. The van der Waals surface area contributed by atoms with Gasteiger partial charge in [0, 0.05) is 31.0 Å². The summed E-state index contributed by atoms with van der Waals surface area (Å²) >= 11 is 0. The molecule has 2 saturated carbocycles. The van der Waals surface area contributed by atoms with Gasteiger partial charge in [0.05, 0.1) is 13.2 Å². The molecule has 2 unspecified atom stereocenters. The van der Waals surface area contributed by atoms with Crippen molar-refractivity contribution >= 4 is 0 Å². The molecule has 0 aromatic rings. The minimum Gasteiger partial charge on any atom is -0.347 e. The molecule has 122 valence electrons. The van der Waals surface area contributed by atoms with E-state index in [1.165, 1.54) is 32.1 Å². The van der Waals surface area contributed by atoms with Gasteiger partial charge in [-0.15, -0.1) is 0 Å². The lowest BCUT2D eigenvalue weighted by Gasteiger charge is -2.48. The molecule has 4 heteroatoms. The Bertz CT molecular complexity index is 325. The average molecular weight is 296 g/mol. The third-order valence-corrected chi connectivity index (χ3v) is 5.69. The van der Waals surface area contributed by atoms with Crippen LogP contribution in [0.15, 0.2) is 0 Å². The second kappa shape index (κ2) is 6.95. The van der Waals surface area contributed by atoms with Crippen molar-refractivity contribution in [2.75, 3.05) is 26.3 Å². The zero-order chi connectivity index (χ0) is 14.7. The minimum absolute atomic E-state index is 0.275. The maximum absolute atomic E-state index is 6.02.